The third kappa shape index (κ3) is 6.24. The minimum atomic E-state index is 1.15. The van der Waals surface area contributed by atoms with Crippen molar-refractivity contribution >= 4 is 54.1 Å². The van der Waals surface area contributed by atoms with E-state index in [1.165, 1.54) is 155 Å². The zero-order chi connectivity index (χ0) is 28.7. The Balaban J connectivity index is 1.21. The second kappa shape index (κ2) is 13.8. The van der Waals surface area contributed by atoms with E-state index in [1.54, 1.807) is 0 Å². The van der Waals surface area contributed by atoms with Gasteiger partial charge in [-0.3, -0.25) is 0 Å². The van der Waals surface area contributed by atoms with Crippen LogP contribution < -0.4 is 0 Å². The van der Waals surface area contributed by atoms with Crippen LogP contribution in [0.5, 0.6) is 0 Å². The molecule has 2 heteroatoms. The smallest absolute Gasteiger partial charge is 0.0462 e. The van der Waals surface area contributed by atoms with Crippen LogP contribution in [-0.2, 0) is 12.8 Å². The minimum absolute atomic E-state index is 1.15. The van der Waals surface area contributed by atoms with Crippen LogP contribution >= 0.6 is 0 Å². The summed E-state index contributed by atoms with van der Waals surface area (Å²) in [4.78, 5) is 7.45. The van der Waals surface area contributed by atoms with Crippen molar-refractivity contribution in [2.75, 3.05) is 0 Å². The van der Waals surface area contributed by atoms with Crippen LogP contribution in [0.2, 0.25) is 0 Å². The van der Waals surface area contributed by atoms with Gasteiger partial charge in [0.25, 0.3) is 0 Å². The Morgan fingerprint density at radius 3 is 1.05 bits per heavy atom. The fourth-order valence-corrected chi connectivity index (χ4v) is 7.19. The molecule has 0 radical (unpaired) electrons. The van der Waals surface area contributed by atoms with Gasteiger partial charge < -0.3 is 9.97 Å². The van der Waals surface area contributed by atoms with E-state index in [0.717, 1.165) is 12.8 Å². The van der Waals surface area contributed by atoms with Gasteiger partial charge in [0.2, 0.25) is 0 Å². The average molecular weight is 559 g/mol. The van der Waals surface area contributed by atoms with E-state index < -0.39 is 0 Å². The largest absolute Gasteiger partial charge is 0.358 e. The van der Waals surface area contributed by atoms with E-state index in [1.807, 2.05) is 0 Å². The monoisotopic (exact) mass is 558 g/mol. The van der Waals surface area contributed by atoms with Crippen LogP contribution in [0.3, 0.4) is 0 Å². The van der Waals surface area contributed by atoms with E-state index in [9.17, 15) is 0 Å². The fourth-order valence-electron chi connectivity index (χ4n) is 7.19. The quantitative estimate of drug-likeness (QED) is 0.0874. The molecule has 0 spiro atoms. The molecule has 2 aromatic heterocycles. The molecule has 42 heavy (non-hydrogen) atoms. The van der Waals surface area contributed by atoms with Gasteiger partial charge in [-0.25, -0.2) is 0 Å². The number of aryl methyl sites for hydroxylation is 2. The summed E-state index contributed by atoms with van der Waals surface area (Å²) in [6, 6.07) is 23.5. The van der Waals surface area contributed by atoms with Gasteiger partial charge in [-0.1, -0.05) is 127 Å². The van der Waals surface area contributed by atoms with Crippen LogP contribution in [0.4, 0.5) is 0 Å². The second-order valence-electron chi connectivity index (χ2n) is 12.8. The Bertz CT molecular complexity index is 1630. The lowest BCUT2D eigenvalue weighted by molar-refractivity contribution is 0.588. The Hall–Kier alpha value is -3.26. The highest BCUT2D eigenvalue weighted by Crippen LogP contribution is 2.37. The van der Waals surface area contributed by atoms with Crippen molar-refractivity contribution in [3.05, 3.63) is 72.1 Å². The van der Waals surface area contributed by atoms with Gasteiger partial charge in [0.05, 0.1) is 0 Å². The first kappa shape index (κ1) is 28.8. The van der Waals surface area contributed by atoms with Crippen LogP contribution in [-0.4, -0.2) is 9.97 Å². The number of hydrogen-bond acceptors (Lipinski definition) is 0. The number of H-pyrrole nitrogens is 2. The number of hydrogen-bond donors (Lipinski definition) is 2. The molecule has 0 aliphatic carbocycles. The summed E-state index contributed by atoms with van der Waals surface area (Å²) in [6.45, 7) is 4.58. The molecular formula is C40H50N2. The van der Waals surface area contributed by atoms with E-state index in [-0.39, 0.29) is 0 Å². The van der Waals surface area contributed by atoms with Crippen LogP contribution in [0.15, 0.2) is 60.7 Å². The molecule has 0 saturated heterocycles. The number of aromatic amines is 2. The molecule has 2 nitrogen and oxygen atoms in total. The highest BCUT2D eigenvalue weighted by atomic mass is 14.7. The summed E-state index contributed by atoms with van der Waals surface area (Å²) in [5, 5.41) is 10.9. The molecule has 4 aromatic carbocycles. The molecule has 0 atom stereocenters. The number of unbranched alkanes of at least 4 members (excludes halogenated alkanes) is 12. The predicted molar refractivity (Wildman–Crippen MR) is 186 cm³/mol. The Kier molecular flexibility index (Phi) is 9.48. The summed E-state index contributed by atoms with van der Waals surface area (Å²) in [5.74, 6) is 0. The van der Waals surface area contributed by atoms with Crippen LogP contribution in [0.25, 0.3) is 54.1 Å². The molecule has 0 fully saturated rings. The molecular weight excluding hydrogens is 508 g/mol. The normalized spacial score (nSPS) is 12.1. The van der Waals surface area contributed by atoms with E-state index in [0.29, 0.717) is 0 Å². The molecule has 220 valence electrons. The summed E-state index contributed by atoms with van der Waals surface area (Å²) in [7, 11) is 0. The minimum Gasteiger partial charge on any atom is -0.358 e. The lowest BCUT2D eigenvalue weighted by Gasteiger charge is -2.09. The van der Waals surface area contributed by atoms with Crippen molar-refractivity contribution in [3.63, 3.8) is 0 Å². The molecule has 2 N–H and O–H groups in total. The van der Waals surface area contributed by atoms with Crippen LogP contribution in [0, 0.1) is 0 Å². The van der Waals surface area contributed by atoms with Gasteiger partial charge >= 0.3 is 0 Å². The van der Waals surface area contributed by atoms with Gasteiger partial charge in [0, 0.05) is 33.2 Å². The SMILES string of the molecule is CCCCCCCCCc1cc2c(ccc3c2ccc2c4ccc5[nH]c(CCCCCCCCC)cc5c4ccc32)[nH]1. The van der Waals surface area contributed by atoms with Crippen molar-refractivity contribution in [3.8, 4) is 0 Å². The van der Waals surface area contributed by atoms with Gasteiger partial charge in [-0.05, 0) is 82.3 Å². The highest BCUT2D eigenvalue weighted by molar-refractivity contribution is 6.24. The number of aromatic nitrogens is 2. The van der Waals surface area contributed by atoms with Gasteiger partial charge in [0.15, 0.2) is 0 Å². The van der Waals surface area contributed by atoms with Gasteiger partial charge in [0.1, 0.15) is 0 Å². The second-order valence-corrected chi connectivity index (χ2v) is 12.8. The number of nitrogens with one attached hydrogen (secondary N) is 2. The maximum Gasteiger partial charge on any atom is 0.0462 e. The summed E-state index contributed by atoms with van der Waals surface area (Å²) < 4.78 is 0. The molecule has 0 unspecified atom stereocenters. The standard InChI is InChI=1S/C40H50N2/c1-3-5-7-9-11-13-15-17-29-27-37-35-21-19-32-31(33(35)23-25-39(37)41-29)20-22-36-34(32)24-26-40-38(36)28-30(42-40)18-16-14-12-10-8-6-4-2/h19-28,41-42H,3-18H2,1-2H3. The first-order valence-electron chi connectivity index (χ1n) is 17.2. The zero-order valence-corrected chi connectivity index (χ0v) is 26.1. The maximum absolute atomic E-state index is 3.72. The van der Waals surface area contributed by atoms with Crippen molar-refractivity contribution in [2.24, 2.45) is 0 Å². The molecule has 0 amide bonds. The molecule has 2 heterocycles. The highest BCUT2D eigenvalue weighted by Gasteiger charge is 2.12. The van der Waals surface area contributed by atoms with Gasteiger partial charge in [-0.2, -0.15) is 0 Å². The third-order valence-electron chi connectivity index (χ3n) is 9.61. The fraction of sp³-hybridized carbons (Fsp3) is 0.450. The lowest BCUT2D eigenvalue weighted by atomic mass is 9.94. The van der Waals surface area contributed by atoms with Gasteiger partial charge in [-0.15, -0.1) is 0 Å². The predicted octanol–water partition coefficient (Wildman–Crippen LogP) is 12.7. The van der Waals surface area contributed by atoms with Crippen molar-refractivity contribution in [1.82, 2.24) is 9.97 Å². The van der Waals surface area contributed by atoms with E-state index in [4.69, 9.17) is 0 Å². The van der Waals surface area contributed by atoms with Crippen molar-refractivity contribution in [1.29, 1.82) is 0 Å². The molecule has 6 rings (SSSR count). The molecule has 0 aliphatic rings. The number of fused-ring (bicyclic) bond motifs is 9. The summed E-state index contributed by atoms with van der Waals surface area (Å²) in [6.07, 6.45) is 21.3. The Morgan fingerprint density at radius 1 is 0.357 bits per heavy atom. The average Bonchev–Trinajstić information content (AvgIpc) is 3.63. The third-order valence-corrected chi connectivity index (χ3v) is 9.61. The number of rotatable bonds is 16. The van der Waals surface area contributed by atoms with E-state index in [2.05, 4.69) is 84.5 Å². The molecule has 0 saturated carbocycles. The molecule has 0 bridgehead atoms. The summed E-state index contributed by atoms with van der Waals surface area (Å²) >= 11 is 0. The molecule has 6 aromatic rings. The van der Waals surface area contributed by atoms with Crippen molar-refractivity contribution in [2.45, 2.75) is 117 Å². The Morgan fingerprint density at radius 2 is 0.667 bits per heavy atom. The summed E-state index contributed by atoms with van der Waals surface area (Å²) in [5.41, 5.74) is 5.30. The Labute approximate surface area is 252 Å². The van der Waals surface area contributed by atoms with Crippen molar-refractivity contribution < 1.29 is 0 Å². The van der Waals surface area contributed by atoms with E-state index >= 15 is 0 Å². The zero-order valence-electron chi connectivity index (χ0n) is 26.1. The maximum atomic E-state index is 3.72. The first-order chi connectivity index (χ1) is 20.8. The molecule has 0 aliphatic heterocycles. The first-order valence-corrected chi connectivity index (χ1v) is 17.2. The lowest BCUT2D eigenvalue weighted by Crippen LogP contribution is -1.86. The number of benzene rings is 4. The van der Waals surface area contributed by atoms with Crippen LogP contribution in [0.1, 0.15) is 115 Å². The topological polar surface area (TPSA) is 31.6 Å².